The molecule has 0 spiro atoms. The van der Waals surface area contributed by atoms with Crippen molar-refractivity contribution in [2.24, 2.45) is 0 Å². The lowest BCUT2D eigenvalue weighted by Gasteiger charge is -2.08. The second-order valence-electron chi connectivity index (χ2n) is 6.50. The molecule has 6 nitrogen and oxygen atoms in total. The summed E-state index contributed by atoms with van der Waals surface area (Å²) in [7, 11) is 0. The number of benzene rings is 2. The third-order valence-electron chi connectivity index (χ3n) is 4.36. The van der Waals surface area contributed by atoms with E-state index in [0.717, 1.165) is 6.42 Å². The molecule has 0 fully saturated rings. The molecule has 0 unspecified atom stereocenters. The molecule has 0 saturated carbocycles. The van der Waals surface area contributed by atoms with Crippen molar-refractivity contribution in [3.8, 4) is 0 Å². The molecule has 3 aromatic rings. The fourth-order valence-electron chi connectivity index (χ4n) is 2.72. The number of pyridine rings is 1. The molecule has 2 N–H and O–H groups in total. The molecular weight excluding hydrogens is 366 g/mol. The zero-order chi connectivity index (χ0) is 20.8. The first-order valence-corrected chi connectivity index (χ1v) is 9.26. The van der Waals surface area contributed by atoms with E-state index in [4.69, 9.17) is 0 Å². The summed E-state index contributed by atoms with van der Waals surface area (Å²) in [6.07, 6.45) is 0.919. The fourth-order valence-corrected chi connectivity index (χ4v) is 2.72. The van der Waals surface area contributed by atoms with Crippen LogP contribution in [0.4, 0.5) is 11.4 Å². The van der Waals surface area contributed by atoms with Crippen LogP contribution in [0.25, 0.3) is 0 Å². The first-order chi connectivity index (χ1) is 14.0. The van der Waals surface area contributed by atoms with Gasteiger partial charge in [-0.25, -0.2) is 4.98 Å². The van der Waals surface area contributed by atoms with E-state index in [1.807, 2.05) is 24.3 Å². The number of Topliss-reactive ketones (excluding diaryl/α,β-unsaturated/α-hetero) is 1. The molecule has 6 heteroatoms. The van der Waals surface area contributed by atoms with Gasteiger partial charge in [-0.3, -0.25) is 14.4 Å². The fraction of sp³-hybridized carbons (Fsp3) is 0.130. The van der Waals surface area contributed by atoms with Gasteiger partial charge in [0.1, 0.15) is 11.4 Å². The Morgan fingerprint density at radius 2 is 1.38 bits per heavy atom. The highest BCUT2D eigenvalue weighted by atomic mass is 16.2. The summed E-state index contributed by atoms with van der Waals surface area (Å²) in [6, 6.07) is 18.9. The summed E-state index contributed by atoms with van der Waals surface area (Å²) in [5.41, 5.74) is 3.05. The monoisotopic (exact) mass is 387 g/mol. The van der Waals surface area contributed by atoms with Gasteiger partial charge in [-0.05, 0) is 55.3 Å². The highest BCUT2D eigenvalue weighted by Crippen LogP contribution is 2.14. The minimum atomic E-state index is -0.465. The Bertz CT molecular complexity index is 1060. The normalized spacial score (nSPS) is 10.3. The molecule has 0 radical (unpaired) electrons. The van der Waals surface area contributed by atoms with Crippen LogP contribution in [-0.2, 0) is 6.42 Å². The van der Waals surface area contributed by atoms with Gasteiger partial charge in [0.25, 0.3) is 11.8 Å². The molecule has 1 aromatic heterocycles. The van der Waals surface area contributed by atoms with E-state index in [-0.39, 0.29) is 17.2 Å². The molecule has 2 aromatic carbocycles. The number of hydrogen-bond donors (Lipinski definition) is 2. The standard InChI is InChI=1S/C23H21N3O3/c1-3-16-10-12-18(13-11-16)24-22(28)20-8-5-9-21(26-20)23(29)25-19-7-4-6-17(14-19)15(2)27/h4-14H,3H2,1-2H3,(H,24,28)(H,25,29). The van der Waals surface area contributed by atoms with Crippen molar-refractivity contribution >= 4 is 29.0 Å². The topological polar surface area (TPSA) is 88.2 Å². The van der Waals surface area contributed by atoms with Crippen molar-refractivity contribution in [2.75, 3.05) is 10.6 Å². The maximum Gasteiger partial charge on any atom is 0.274 e. The van der Waals surface area contributed by atoms with E-state index >= 15 is 0 Å². The van der Waals surface area contributed by atoms with Crippen LogP contribution in [0.5, 0.6) is 0 Å². The molecule has 146 valence electrons. The Kier molecular flexibility index (Phi) is 6.14. The highest BCUT2D eigenvalue weighted by molar-refractivity contribution is 6.06. The van der Waals surface area contributed by atoms with Crippen LogP contribution in [0, 0.1) is 0 Å². The predicted molar refractivity (Wildman–Crippen MR) is 112 cm³/mol. The predicted octanol–water partition coefficient (Wildman–Crippen LogP) is 4.35. The number of amides is 2. The third kappa shape index (κ3) is 5.13. The molecule has 0 aliphatic rings. The summed E-state index contributed by atoms with van der Waals surface area (Å²) in [5, 5.41) is 5.47. The van der Waals surface area contributed by atoms with Gasteiger partial charge in [0.15, 0.2) is 5.78 Å². The highest BCUT2D eigenvalue weighted by Gasteiger charge is 2.13. The Hall–Kier alpha value is -3.80. The molecule has 3 rings (SSSR count). The van der Waals surface area contributed by atoms with Crippen molar-refractivity contribution in [1.29, 1.82) is 0 Å². The van der Waals surface area contributed by atoms with Crippen LogP contribution in [-0.4, -0.2) is 22.6 Å². The van der Waals surface area contributed by atoms with Crippen LogP contribution < -0.4 is 10.6 Å². The molecule has 1 heterocycles. The molecule has 0 atom stereocenters. The quantitative estimate of drug-likeness (QED) is 0.616. The molecule has 29 heavy (non-hydrogen) atoms. The van der Waals surface area contributed by atoms with Crippen molar-refractivity contribution in [2.45, 2.75) is 20.3 Å². The first-order valence-electron chi connectivity index (χ1n) is 9.26. The van der Waals surface area contributed by atoms with E-state index in [0.29, 0.717) is 16.9 Å². The number of aromatic nitrogens is 1. The third-order valence-corrected chi connectivity index (χ3v) is 4.36. The van der Waals surface area contributed by atoms with E-state index in [1.54, 1.807) is 36.4 Å². The van der Waals surface area contributed by atoms with E-state index in [2.05, 4.69) is 22.5 Å². The van der Waals surface area contributed by atoms with Crippen molar-refractivity contribution in [3.63, 3.8) is 0 Å². The zero-order valence-electron chi connectivity index (χ0n) is 16.2. The second kappa shape index (κ2) is 8.93. The number of carbonyl (C=O) groups excluding carboxylic acids is 3. The number of ketones is 1. The number of anilines is 2. The van der Waals surface area contributed by atoms with Crippen LogP contribution >= 0.6 is 0 Å². The van der Waals surface area contributed by atoms with Gasteiger partial charge in [0, 0.05) is 16.9 Å². The van der Waals surface area contributed by atoms with Gasteiger partial charge in [-0.2, -0.15) is 0 Å². The minimum Gasteiger partial charge on any atom is -0.321 e. The van der Waals surface area contributed by atoms with Gasteiger partial charge in [-0.15, -0.1) is 0 Å². The second-order valence-corrected chi connectivity index (χ2v) is 6.50. The Labute approximate surface area is 169 Å². The molecule has 0 bridgehead atoms. The number of rotatable bonds is 6. The average Bonchev–Trinajstić information content (AvgIpc) is 2.74. The largest absolute Gasteiger partial charge is 0.321 e. The lowest BCUT2D eigenvalue weighted by molar-refractivity contribution is 0.100. The summed E-state index contributed by atoms with van der Waals surface area (Å²) in [4.78, 5) is 40.6. The van der Waals surface area contributed by atoms with Gasteiger partial charge >= 0.3 is 0 Å². The van der Waals surface area contributed by atoms with Crippen molar-refractivity contribution in [1.82, 2.24) is 4.98 Å². The zero-order valence-corrected chi connectivity index (χ0v) is 16.2. The number of nitrogens with zero attached hydrogens (tertiary/aromatic N) is 1. The number of aryl methyl sites for hydroxylation is 1. The summed E-state index contributed by atoms with van der Waals surface area (Å²) >= 11 is 0. The van der Waals surface area contributed by atoms with Crippen LogP contribution in [0.15, 0.2) is 66.7 Å². The van der Waals surface area contributed by atoms with Crippen molar-refractivity contribution < 1.29 is 14.4 Å². The molecule has 2 amide bonds. The van der Waals surface area contributed by atoms with Crippen molar-refractivity contribution in [3.05, 3.63) is 89.2 Å². The lowest BCUT2D eigenvalue weighted by Crippen LogP contribution is -2.18. The number of hydrogen-bond acceptors (Lipinski definition) is 4. The maximum atomic E-state index is 12.5. The molecule has 0 aliphatic carbocycles. The van der Waals surface area contributed by atoms with E-state index in [9.17, 15) is 14.4 Å². The summed E-state index contributed by atoms with van der Waals surface area (Å²) < 4.78 is 0. The summed E-state index contributed by atoms with van der Waals surface area (Å²) in [6.45, 7) is 3.52. The number of nitrogens with one attached hydrogen (secondary N) is 2. The van der Waals surface area contributed by atoms with Gasteiger partial charge < -0.3 is 10.6 Å². The Morgan fingerprint density at radius 3 is 1.97 bits per heavy atom. The van der Waals surface area contributed by atoms with Gasteiger partial charge in [0.05, 0.1) is 0 Å². The maximum absolute atomic E-state index is 12.5. The van der Waals surface area contributed by atoms with Crippen LogP contribution in [0.1, 0.15) is 50.7 Å². The molecular formula is C23H21N3O3. The van der Waals surface area contributed by atoms with Crippen LogP contribution in [0.3, 0.4) is 0 Å². The van der Waals surface area contributed by atoms with E-state index < -0.39 is 11.8 Å². The van der Waals surface area contributed by atoms with Gasteiger partial charge in [-0.1, -0.05) is 37.3 Å². The molecule has 0 aliphatic heterocycles. The van der Waals surface area contributed by atoms with Crippen LogP contribution in [0.2, 0.25) is 0 Å². The van der Waals surface area contributed by atoms with Gasteiger partial charge in [0.2, 0.25) is 0 Å². The Balaban J connectivity index is 1.72. The Morgan fingerprint density at radius 1 is 0.793 bits per heavy atom. The number of carbonyl (C=O) groups is 3. The molecule has 0 saturated heterocycles. The first kappa shape index (κ1) is 19.9. The SMILES string of the molecule is CCc1ccc(NC(=O)c2cccc(C(=O)Nc3cccc(C(C)=O)c3)n2)cc1. The smallest absolute Gasteiger partial charge is 0.274 e. The van der Waals surface area contributed by atoms with E-state index in [1.165, 1.54) is 18.6 Å². The lowest BCUT2D eigenvalue weighted by atomic mass is 10.1. The minimum absolute atomic E-state index is 0.0927. The average molecular weight is 387 g/mol. The summed E-state index contributed by atoms with van der Waals surface area (Å²) in [5.74, 6) is -0.958.